The van der Waals surface area contributed by atoms with Crippen molar-refractivity contribution < 1.29 is 9.59 Å². The fraction of sp³-hybridized carbons (Fsp3) is 0.133. The molecular weight excluding hydrogens is 519 g/mol. The van der Waals surface area contributed by atoms with E-state index in [0.717, 1.165) is 11.1 Å². The normalized spacial score (nSPS) is 12.4. The van der Waals surface area contributed by atoms with Gasteiger partial charge < -0.3 is 21.3 Å². The Morgan fingerprint density at radius 2 is 0.868 bits per heavy atom. The molecule has 0 bridgehead atoms. The molecule has 6 nitrogen and oxygen atoms in total. The maximum absolute atomic E-state index is 13.2. The molecule has 0 aromatic heterocycles. The van der Waals surface area contributed by atoms with Crippen LogP contribution in [0.2, 0.25) is 10.0 Å². The molecule has 2 atom stereocenters. The number of para-hydroxylation sites is 2. The van der Waals surface area contributed by atoms with Gasteiger partial charge in [-0.25, -0.2) is 0 Å². The predicted molar refractivity (Wildman–Crippen MR) is 155 cm³/mol. The highest BCUT2D eigenvalue weighted by atomic mass is 35.5. The van der Waals surface area contributed by atoms with Crippen LogP contribution in [0.15, 0.2) is 109 Å². The van der Waals surface area contributed by atoms with E-state index in [-0.39, 0.29) is 11.8 Å². The van der Waals surface area contributed by atoms with E-state index < -0.39 is 12.1 Å². The number of hydrogen-bond donors (Lipinski definition) is 4. The molecule has 0 saturated carbocycles. The first-order valence-corrected chi connectivity index (χ1v) is 12.9. The summed E-state index contributed by atoms with van der Waals surface area (Å²) in [7, 11) is 0. The van der Waals surface area contributed by atoms with Crippen LogP contribution in [0.3, 0.4) is 0 Å². The second-order valence-electron chi connectivity index (χ2n) is 8.59. The quantitative estimate of drug-likeness (QED) is 0.168. The second-order valence-corrected chi connectivity index (χ2v) is 9.46. The van der Waals surface area contributed by atoms with Gasteiger partial charge in [-0.2, -0.15) is 0 Å². The van der Waals surface area contributed by atoms with E-state index in [1.54, 1.807) is 24.3 Å². The van der Waals surface area contributed by atoms with E-state index >= 15 is 0 Å². The molecule has 0 unspecified atom stereocenters. The molecule has 194 valence electrons. The largest absolute Gasteiger partial charge is 0.324 e. The third-order valence-corrected chi connectivity index (χ3v) is 6.34. The van der Waals surface area contributed by atoms with E-state index in [1.807, 2.05) is 84.9 Å². The number of halogens is 2. The zero-order valence-corrected chi connectivity index (χ0v) is 22.0. The molecule has 0 fully saturated rings. The lowest BCUT2D eigenvalue weighted by Crippen LogP contribution is -2.40. The molecule has 4 N–H and O–H groups in total. The van der Waals surface area contributed by atoms with Crippen LogP contribution in [-0.2, 0) is 9.59 Å². The summed E-state index contributed by atoms with van der Waals surface area (Å²) in [5, 5.41) is 13.7. The lowest BCUT2D eigenvalue weighted by atomic mass is 10.1. The third-order valence-electron chi connectivity index (χ3n) is 5.84. The number of amides is 2. The Labute approximate surface area is 232 Å². The molecule has 4 rings (SSSR count). The van der Waals surface area contributed by atoms with Crippen molar-refractivity contribution in [2.75, 3.05) is 23.7 Å². The smallest absolute Gasteiger partial charge is 0.246 e. The third kappa shape index (κ3) is 7.91. The van der Waals surface area contributed by atoms with Gasteiger partial charge in [-0.1, -0.05) is 83.9 Å². The van der Waals surface area contributed by atoms with Crippen molar-refractivity contribution in [3.05, 3.63) is 130 Å². The molecule has 0 saturated heterocycles. The van der Waals surface area contributed by atoms with Crippen LogP contribution in [-0.4, -0.2) is 24.9 Å². The van der Waals surface area contributed by atoms with Crippen LogP contribution in [0, 0.1) is 0 Å². The van der Waals surface area contributed by atoms with Gasteiger partial charge in [0.2, 0.25) is 11.8 Å². The Hall–Kier alpha value is -3.68. The van der Waals surface area contributed by atoms with Crippen molar-refractivity contribution in [1.29, 1.82) is 0 Å². The average Bonchev–Trinajstić information content (AvgIpc) is 2.93. The van der Waals surface area contributed by atoms with Gasteiger partial charge in [-0.3, -0.25) is 9.59 Å². The topological polar surface area (TPSA) is 82.3 Å². The Balaban J connectivity index is 1.44. The van der Waals surface area contributed by atoms with Crippen molar-refractivity contribution in [2.24, 2.45) is 0 Å². The summed E-state index contributed by atoms with van der Waals surface area (Å²) in [6.45, 7) is 0.830. The average molecular weight is 547 g/mol. The first kappa shape index (κ1) is 27.4. The summed E-state index contributed by atoms with van der Waals surface area (Å²) in [6, 6.07) is 31.6. The molecule has 0 radical (unpaired) electrons. The predicted octanol–water partition coefficient (Wildman–Crippen LogP) is 6.23. The fourth-order valence-corrected chi connectivity index (χ4v) is 4.19. The van der Waals surface area contributed by atoms with Gasteiger partial charge in [-0.05, 0) is 59.7 Å². The summed E-state index contributed by atoms with van der Waals surface area (Å²) in [4.78, 5) is 26.4. The van der Waals surface area contributed by atoms with Crippen LogP contribution >= 0.6 is 23.2 Å². The number of rotatable bonds is 11. The van der Waals surface area contributed by atoms with Crippen LogP contribution < -0.4 is 21.3 Å². The Kier molecular flexibility index (Phi) is 9.90. The van der Waals surface area contributed by atoms with Crippen molar-refractivity contribution in [1.82, 2.24) is 10.6 Å². The Bertz CT molecular complexity index is 1210. The summed E-state index contributed by atoms with van der Waals surface area (Å²) in [5.74, 6) is -0.399. The van der Waals surface area contributed by atoms with Crippen molar-refractivity contribution in [2.45, 2.75) is 12.1 Å². The minimum Gasteiger partial charge on any atom is -0.324 e. The first-order chi connectivity index (χ1) is 18.5. The SMILES string of the molecule is O=C(Nc1ccccc1)[C@@H](NCCN[C@@H](C(=O)Nc1ccccc1)c1ccc(Cl)cc1)c1ccc(Cl)cc1. The van der Waals surface area contributed by atoms with Gasteiger partial charge >= 0.3 is 0 Å². The molecule has 0 aliphatic rings. The van der Waals surface area contributed by atoms with Crippen molar-refractivity contribution in [3.63, 3.8) is 0 Å². The standard InChI is InChI=1S/C30H28Cl2N4O2/c31-23-15-11-21(12-16-23)27(29(37)35-25-7-3-1-4-8-25)33-19-20-34-28(22-13-17-24(32)18-14-22)30(38)36-26-9-5-2-6-10-26/h1-18,27-28,33-34H,19-20H2,(H,35,37)(H,36,38)/t27-,28+. The van der Waals surface area contributed by atoms with Crippen LogP contribution in [0.25, 0.3) is 0 Å². The second kappa shape index (κ2) is 13.7. The Morgan fingerprint density at radius 3 is 1.21 bits per heavy atom. The summed E-state index contributed by atoms with van der Waals surface area (Å²) in [5.41, 5.74) is 2.96. The molecule has 0 heterocycles. The number of nitrogens with one attached hydrogen (secondary N) is 4. The van der Waals surface area contributed by atoms with Crippen LogP contribution in [0.1, 0.15) is 23.2 Å². The zero-order chi connectivity index (χ0) is 26.7. The molecule has 38 heavy (non-hydrogen) atoms. The van der Waals surface area contributed by atoms with Gasteiger partial charge in [0.25, 0.3) is 0 Å². The zero-order valence-electron chi connectivity index (χ0n) is 20.5. The van der Waals surface area contributed by atoms with E-state index in [9.17, 15) is 9.59 Å². The van der Waals surface area contributed by atoms with Crippen molar-refractivity contribution in [3.8, 4) is 0 Å². The number of carbonyl (C=O) groups is 2. The van der Waals surface area contributed by atoms with E-state index in [4.69, 9.17) is 23.2 Å². The summed E-state index contributed by atoms with van der Waals surface area (Å²) < 4.78 is 0. The minimum absolute atomic E-state index is 0.199. The van der Waals surface area contributed by atoms with E-state index in [1.165, 1.54) is 0 Å². The number of carbonyl (C=O) groups excluding carboxylic acids is 2. The molecule has 0 aliphatic heterocycles. The van der Waals surface area contributed by atoms with E-state index in [0.29, 0.717) is 34.5 Å². The van der Waals surface area contributed by atoms with E-state index in [2.05, 4.69) is 21.3 Å². The summed E-state index contributed by atoms with van der Waals surface area (Å²) >= 11 is 12.1. The molecule has 8 heteroatoms. The summed E-state index contributed by atoms with van der Waals surface area (Å²) in [6.07, 6.45) is 0. The molecule has 0 aliphatic carbocycles. The van der Waals surface area contributed by atoms with Gasteiger partial charge in [0.15, 0.2) is 0 Å². The number of hydrogen-bond acceptors (Lipinski definition) is 4. The molecule has 4 aromatic carbocycles. The highest BCUT2D eigenvalue weighted by molar-refractivity contribution is 6.30. The monoisotopic (exact) mass is 546 g/mol. The lowest BCUT2D eigenvalue weighted by molar-refractivity contribution is -0.119. The van der Waals surface area contributed by atoms with Gasteiger partial charge in [-0.15, -0.1) is 0 Å². The maximum Gasteiger partial charge on any atom is 0.246 e. The number of benzene rings is 4. The van der Waals surface area contributed by atoms with Gasteiger partial charge in [0, 0.05) is 34.5 Å². The maximum atomic E-state index is 13.2. The molecule has 0 spiro atoms. The highest BCUT2D eigenvalue weighted by Gasteiger charge is 2.23. The number of anilines is 2. The van der Waals surface area contributed by atoms with Gasteiger partial charge in [0.05, 0.1) is 0 Å². The molecule has 2 amide bonds. The highest BCUT2D eigenvalue weighted by Crippen LogP contribution is 2.21. The van der Waals surface area contributed by atoms with Crippen molar-refractivity contribution >= 4 is 46.4 Å². The first-order valence-electron chi connectivity index (χ1n) is 12.2. The molecular formula is C30H28Cl2N4O2. The Morgan fingerprint density at radius 1 is 0.526 bits per heavy atom. The fourth-order valence-electron chi connectivity index (χ4n) is 3.94. The van der Waals surface area contributed by atoms with Crippen LogP contribution in [0.5, 0.6) is 0 Å². The molecule has 4 aromatic rings. The minimum atomic E-state index is -0.624. The van der Waals surface area contributed by atoms with Crippen LogP contribution in [0.4, 0.5) is 11.4 Å². The lowest BCUT2D eigenvalue weighted by Gasteiger charge is -2.22. The van der Waals surface area contributed by atoms with Gasteiger partial charge in [0.1, 0.15) is 12.1 Å².